The maximum atomic E-state index is 12.5. The Hall–Kier alpha value is 0.810. The molecule has 0 fully saturated rings. The minimum absolute atomic E-state index is 0.0798. The summed E-state index contributed by atoms with van der Waals surface area (Å²) in [6.45, 7) is 2.09. The molecular weight excluding hydrogens is 341 g/mol. The van der Waals surface area contributed by atoms with Gasteiger partial charge in [-0.3, -0.25) is 0 Å². The Kier molecular flexibility index (Phi) is 6.72. The summed E-state index contributed by atoms with van der Waals surface area (Å²) < 4.78 is 25.0. The minimum atomic E-state index is -2.83. The second-order valence-electron chi connectivity index (χ2n) is 2.55. The molecule has 0 amide bonds. The zero-order chi connectivity index (χ0) is 9.61. The molecule has 0 saturated carbocycles. The summed E-state index contributed by atoms with van der Waals surface area (Å²) in [6, 6.07) is 0. The molecule has 0 atom stereocenters. The van der Waals surface area contributed by atoms with Crippen LogP contribution in [0.4, 0.5) is 8.78 Å². The summed E-state index contributed by atoms with van der Waals surface area (Å²) in [5, 5.41) is 0. The average molecular weight is 353 g/mol. The molecule has 0 aromatic carbocycles. The van der Waals surface area contributed by atoms with Crippen molar-refractivity contribution in [2.75, 3.05) is 0 Å². The molecule has 12 heavy (non-hydrogen) atoms. The van der Waals surface area contributed by atoms with E-state index in [4.69, 9.17) is 0 Å². The number of halogens is 4. The first-order valence-electron chi connectivity index (χ1n) is 3.91. The van der Waals surface area contributed by atoms with Crippen molar-refractivity contribution in [2.45, 2.75) is 37.4 Å². The van der Waals surface area contributed by atoms with Gasteiger partial charge in [0, 0.05) is 0 Å². The average Bonchev–Trinajstić information content (AvgIpc) is 1.96. The lowest BCUT2D eigenvalue weighted by molar-refractivity contribution is 0.169. The lowest BCUT2D eigenvalue weighted by atomic mass is 10.2. The summed E-state index contributed by atoms with van der Waals surface area (Å²) in [5.41, 5.74) is 0. The van der Waals surface area contributed by atoms with Gasteiger partial charge in [0.05, 0.1) is 3.58 Å². The predicted molar refractivity (Wildman–Crippen MR) is 60.1 cm³/mol. The van der Waals surface area contributed by atoms with Crippen molar-refractivity contribution in [3.05, 3.63) is 9.66 Å². The van der Waals surface area contributed by atoms with Gasteiger partial charge in [-0.25, -0.2) is 0 Å². The van der Waals surface area contributed by atoms with Crippen LogP contribution in [-0.4, -0.2) is 4.83 Å². The van der Waals surface area contributed by atoms with Crippen molar-refractivity contribution >= 4 is 38.5 Å². The lowest BCUT2D eigenvalue weighted by Gasteiger charge is -2.06. The molecule has 0 aliphatic rings. The largest absolute Gasteiger partial charge is 0.331 e. The Balaban J connectivity index is 3.70. The van der Waals surface area contributed by atoms with Crippen molar-refractivity contribution in [1.29, 1.82) is 0 Å². The Morgan fingerprint density at radius 1 is 1.50 bits per heavy atom. The number of allylic oxidation sites excluding steroid dienone is 2. The third-order valence-electron chi connectivity index (χ3n) is 1.40. The van der Waals surface area contributed by atoms with E-state index < -0.39 is 4.83 Å². The van der Waals surface area contributed by atoms with E-state index in [-0.39, 0.29) is 3.58 Å². The van der Waals surface area contributed by atoms with E-state index in [1.807, 2.05) is 0 Å². The van der Waals surface area contributed by atoms with Gasteiger partial charge in [0.2, 0.25) is 0 Å². The van der Waals surface area contributed by atoms with E-state index >= 15 is 0 Å². The van der Waals surface area contributed by atoms with E-state index in [0.717, 1.165) is 25.7 Å². The Bertz CT molecular complexity index is 152. The van der Waals surface area contributed by atoms with Crippen LogP contribution in [0, 0.1) is 0 Å². The van der Waals surface area contributed by atoms with E-state index in [1.165, 1.54) is 0 Å². The van der Waals surface area contributed by atoms with Crippen molar-refractivity contribution < 1.29 is 8.78 Å². The van der Waals surface area contributed by atoms with Crippen LogP contribution in [0.25, 0.3) is 0 Å². The zero-order valence-corrected chi connectivity index (χ0v) is 10.7. The van der Waals surface area contributed by atoms with Gasteiger partial charge in [-0.1, -0.05) is 25.8 Å². The van der Waals surface area contributed by atoms with Crippen LogP contribution < -0.4 is 0 Å². The van der Waals surface area contributed by atoms with Crippen LogP contribution in [-0.2, 0) is 0 Å². The highest BCUT2D eigenvalue weighted by molar-refractivity contribution is 14.1. The molecule has 0 unspecified atom stereocenters. The standard InChI is InChI=1S/C8H12BrF2I/c1-2-3-4-5-6-7(12)8(9,10)11/h6H,2-5H2,1H3. The fraction of sp³-hybridized carbons (Fsp3) is 0.750. The molecule has 0 spiro atoms. The SMILES string of the molecule is CCCCCC=C(I)C(F)(F)Br. The molecule has 0 radical (unpaired) electrons. The Labute approximate surface area is 94.1 Å². The third-order valence-corrected chi connectivity index (χ3v) is 3.69. The van der Waals surface area contributed by atoms with Crippen molar-refractivity contribution in [2.24, 2.45) is 0 Å². The maximum Gasteiger partial charge on any atom is 0.331 e. The van der Waals surface area contributed by atoms with Gasteiger partial charge in [-0.15, -0.1) is 0 Å². The predicted octanol–water partition coefficient (Wildman–Crippen LogP) is 4.87. The molecule has 0 aliphatic carbocycles. The number of unbranched alkanes of at least 4 members (excludes halogenated alkanes) is 3. The molecule has 0 rings (SSSR count). The zero-order valence-electron chi connectivity index (χ0n) is 6.92. The molecule has 0 bridgehead atoms. The van der Waals surface area contributed by atoms with Gasteiger partial charge in [-0.2, -0.15) is 8.78 Å². The van der Waals surface area contributed by atoms with Crippen molar-refractivity contribution in [1.82, 2.24) is 0 Å². The van der Waals surface area contributed by atoms with Gasteiger partial charge >= 0.3 is 4.83 Å². The quantitative estimate of drug-likeness (QED) is 0.376. The third kappa shape index (κ3) is 6.34. The van der Waals surface area contributed by atoms with Gasteiger partial charge in [0.25, 0.3) is 0 Å². The monoisotopic (exact) mass is 352 g/mol. The first-order valence-corrected chi connectivity index (χ1v) is 5.78. The maximum absolute atomic E-state index is 12.5. The van der Waals surface area contributed by atoms with Gasteiger partial charge in [-0.05, 0) is 51.4 Å². The number of hydrogen-bond donors (Lipinski definition) is 0. The van der Waals surface area contributed by atoms with Crippen LogP contribution >= 0.6 is 38.5 Å². The second kappa shape index (κ2) is 6.29. The highest BCUT2D eigenvalue weighted by Crippen LogP contribution is 2.35. The lowest BCUT2D eigenvalue weighted by Crippen LogP contribution is -2.03. The molecule has 0 aliphatic heterocycles. The first kappa shape index (κ1) is 12.8. The molecule has 0 aromatic rings. The molecule has 0 saturated heterocycles. The smallest absolute Gasteiger partial charge is 0.188 e. The summed E-state index contributed by atoms with van der Waals surface area (Å²) in [6.07, 6.45) is 5.55. The van der Waals surface area contributed by atoms with E-state index in [1.54, 1.807) is 28.7 Å². The molecule has 72 valence electrons. The number of alkyl halides is 3. The van der Waals surface area contributed by atoms with Gasteiger partial charge < -0.3 is 0 Å². The minimum Gasteiger partial charge on any atom is -0.188 e. The molecule has 4 heteroatoms. The fourth-order valence-electron chi connectivity index (χ4n) is 0.739. The van der Waals surface area contributed by atoms with Crippen LogP contribution in [0.3, 0.4) is 0 Å². The normalized spacial score (nSPS) is 13.6. The van der Waals surface area contributed by atoms with Crippen LogP contribution in [0.5, 0.6) is 0 Å². The number of hydrogen-bond acceptors (Lipinski definition) is 0. The highest BCUT2D eigenvalue weighted by atomic mass is 127. The van der Waals surface area contributed by atoms with E-state index in [9.17, 15) is 8.78 Å². The molecule has 0 nitrogen and oxygen atoms in total. The van der Waals surface area contributed by atoms with Crippen molar-refractivity contribution in [3.8, 4) is 0 Å². The Morgan fingerprint density at radius 2 is 2.08 bits per heavy atom. The van der Waals surface area contributed by atoms with Crippen molar-refractivity contribution in [3.63, 3.8) is 0 Å². The van der Waals surface area contributed by atoms with Gasteiger partial charge in [0.15, 0.2) is 0 Å². The van der Waals surface area contributed by atoms with Gasteiger partial charge in [0.1, 0.15) is 0 Å². The van der Waals surface area contributed by atoms with E-state index in [2.05, 4.69) is 22.9 Å². The van der Waals surface area contributed by atoms with E-state index in [0.29, 0.717) is 0 Å². The highest BCUT2D eigenvalue weighted by Gasteiger charge is 2.27. The topological polar surface area (TPSA) is 0 Å². The first-order chi connectivity index (χ1) is 5.48. The van der Waals surface area contributed by atoms with Crippen LogP contribution in [0.1, 0.15) is 32.6 Å². The van der Waals surface area contributed by atoms with Crippen LogP contribution in [0.2, 0.25) is 0 Å². The summed E-state index contributed by atoms with van der Waals surface area (Å²) in [7, 11) is 0. The number of rotatable bonds is 5. The molecular formula is C8H12BrF2I. The summed E-state index contributed by atoms with van der Waals surface area (Å²) in [4.78, 5) is -2.83. The summed E-state index contributed by atoms with van der Waals surface area (Å²) in [5.74, 6) is 0. The summed E-state index contributed by atoms with van der Waals surface area (Å²) >= 11 is 3.97. The molecule has 0 heterocycles. The fourth-order valence-corrected chi connectivity index (χ4v) is 1.21. The molecule has 0 N–H and O–H groups in total. The molecule has 0 aromatic heterocycles. The Morgan fingerprint density at radius 3 is 2.50 bits per heavy atom. The van der Waals surface area contributed by atoms with Crippen LogP contribution in [0.15, 0.2) is 9.66 Å². The second-order valence-corrected chi connectivity index (χ2v) is 4.70.